The lowest BCUT2D eigenvalue weighted by Crippen LogP contribution is -2.09. The number of fused-ring (bicyclic) bond motifs is 1. The van der Waals surface area contributed by atoms with Crippen molar-refractivity contribution in [2.24, 2.45) is 5.10 Å². The second-order valence-corrected chi connectivity index (χ2v) is 10.1. The molecule has 0 bridgehead atoms. The molecule has 0 spiro atoms. The van der Waals surface area contributed by atoms with Crippen LogP contribution in [0, 0.1) is 0 Å². The van der Waals surface area contributed by atoms with Gasteiger partial charge in [-0.3, -0.25) is 0 Å². The van der Waals surface area contributed by atoms with Crippen molar-refractivity contribution in [1.82, 2.24) is 4.57 Å². The van der Waals surface area contributed by atoms with E-state index in [0.717, 1.165) is 39.5 Å². The second kappa shape index (κ2) is 11.6. The predicted molar refractivity (Wildman–Crippen MR) is 170 cm³/mol. The van der Waals surface area contributed by atoms with Crippen LogP contribution in [0.5, 0.6) is 5.75 Å². The highest BCUT2D eigenvalue weighted by Gasteiger charge is 2.20. The molecule has 0 N–H and O–H groups in total. The quantitative estimate of drug-likeness (QED) is 0.110. The predicted octanol–water partition coefficient (Wildman–Crippen LogP) is 9.20. The molecule has 0 aliphatic carbocycles. The van der Waals surface area contributed by atoms with Crippen molar-refractivity contribution in [2.45, 2.75) is 4.90 Å². The van der Waals surface area contributed by atoms with Crippen LogP contribution in [0.25, 0.3) is 27.8 Å². The first kappa shape index (κ1) is 25.5. The highest BCUT2D eigenvalue weighted by molar-refractivity contribution is 7.99. The zero-order valence-electron chi connectivity index (χ0n) is 22.4. The molecule has 5 aromatic carbocycles. The number of benzene rings is 5. The number of thioether (sulfide) groups is 1. The Balaban J connectivity index is 1.49. The van der Waals surface area contributed by atoms with Gasteiger partial charge in [-0.1, -0.05) is 60.7 Å². The Morgan fingerprint density at radius 1 is 0.725 bits per heavy atom. The molecule has 0 fully saturated rings. The van der Waals surface area contributed by atoms with Crippen molar-refractivity contribution >= 4 is 40.3 Å². The molecule has 4 nitrogen and oxygen atoms in total. The molecule has 0 aliphatic heterocycles. The molecule has 1 aromatic heterocycles. The minimum absolute atomic E-state index is 0.844. The summed E-state index contributed by atoms with van der Waals surface area (Å²) in [4.78, 5) is 1.22. The van der Waals surface area contributed by atoms with E-state index in [1.54, 1.807) is 18.9 Å². The molecule has 0 unspecified atom stereocenters. The molecule has 5 heteroatoms. The number of hydrazone groups is 1. The van der Waals surface area contributed by atoms with Crippen LogP contribution >= 0.6 is 11.8 Å². The summed E-state index contributed by atoms with van der Waals surface area (Å²) >= 11 is 1.77. The third-order valence-electron chi connectivity index (χ3n) is 6.85. The number of methoxy groups -OCH3 is 1. The lowest BCUT2D eigenvalue weighted by molar-refractivity contribution is 0.415. The molecule has 6 rings (SSSR count). The monoisotopic (exact) mass is 539 g/mol. The molecule has 0 atom stereocenters. The number of rotatable bonds is 8. The van der Waals surface area contributed by atoms with Gasteiger partial charge in [0, 0.05) is 16.0 Å². The molecule has 0 radical (unpaired) electrons. The summed E-state index contributed by atoms with van der Waals surface area (Å²) in [5.41, 5.74) is 7.63. The molecule has 1 heterocycles. The summed E-state index contributed by atoms with van der Waals surface area (Å²) < 4.78 is 7.78. The molecular formula is C35H29N3OS. The number of para-hydroxylation sites is 3. The third-order valence-corrected chi connectivity index (χ3v) is 7.67. The Bertz CT molecular complexity index is 1710. The summed E-state index contributed by atoms with van der Waals surface area (Å²) in [6.45, 7) is 0. The van der Waals surface area contributed by atoms with Gasteiger partial charge in [0.15, 0.2) is 0 Å². The van der Waals surface area contributed by atoms with E-state index in [0.29, 0.717) is 0 Å². The molecule has 0 saturated carbocycles. The zero-order chi connectivity index (χ0) is 27.3. The van der Waals surface area contributed by atoms with E-state index in [9.17, 15) is 0 Å². The molecule has 40 heavy (non-hydrogen) atoms. The highest BCUT2D eigenvalue weighted by Crippen LogP contribution is 2.42. The van der Waals surface area contributed by atoms with Gasteiger partial charge in [-0.05, 0) is 90.2 Å². The summed E-state index contributed by atoms with van der Waals surface area (Å²) in [5.74, 6) is 0.844. The van der Waals surface area contributed by atoms with Crippen LogP contribution in [0.1, 0.15) is 5.56 Å². The molecular weight excluding hydrogens is 510 g/mol. The standard InChI is InChI=1S/C35H29N3OS/c1-39-31-21-19-27(20-22-31)34-35(40-2)32-24-26(18-23-33(32)37(34)28-12-6-3-7-13-28)25-36-38(29-14-8-4-9-15-29)30-16-10-5-11-17-30/h3-25H,1-2H3. The first-order chi connectivity index (χ1) is 19.8. The zero-order valence-corrected chi connectivity index (χ0v) is 23.3. The first-order valence-corrected chi connectivity index (χ1v) is 14.4. The van der Waals surface area contributed by atoms with Crippen LogP contribution < -0.4 is 9.75 Å². The number of anilines is 2. The van der Waals surface area contributed by atoms with Crippen molar-refractivity contribution in [3.63, 3.8) is 0 Å². The van der Waals surface area contributed by atoms with Gasteiger partial charge in [0.05, 0.1) is 35.9 Å². The summed E-state index contributed by atoms with van der Waals surface area (Å²) in [6, 6.07) is 45.9. The number of aromatic nitrogens is 1. The molecule has 0 saturated heterocycles. The Labute approximate surface area is 239 Å². The van der Waals surface area contributed by atoms with Crippen LogP contribution in [0.2, 0.25) is 0 Å². The number of nitrogens with zero attached hydrogens (tertiary/aromatic N) is 3. The Morgan fingerprint density at radius 2 is 1.32 bits per heavy atom. The number of ether oxygens (including phenoxy) is 1. The van der Waals surface area contributed by atoms with Crippen LogP contribution in [0.15, 0.2) is 143 Å². The number of hydrogen-bond acceptors (Lipinski definition) is 4. The van der Waals surface area contributed by atoms with Gasteiger partial charge >= 0.3 is 0 Å². The normalized spacial score (nSPS) is 11.2. The Kier molecular flexibility index (Phi) is 7.38. The van der Waals surface area contributed by atoms with Gasteiger partial charge in [0.2, 0.25) is 0 Å². The topological polar surface area (TPSA) is 29.8 Å². The van der Waals surface area contributed by atoms with E-state index in [4.69, 9.17) is 9.84 Å². The molecule has 196 valence electrons. The van der Waals surface area contributed by atoms with Crippen LogP contribution in [-0.2, 0) is 0 Å². The maximum atomic E-state index is 5.43. The maximum absolute atomic E-state index is 5.43. The number of hydrogen-bond donors (Lipinski definition) is 0. The van der Waals surface area contributed by atoms with E-state index in [1.165, 1.54) is 16.0 Å². The van der Waals surface area contributed by atoms with Gasteiger partial charge in [-0.25, -0.2) is 5.01 Å². The van der Waals surface area contributed by atoms with Crippen molar-refractivity contribution in [2.75, 3.05) is 18.4 Å². The van der Waals surface area contributed by atoms with E-state index in [-0.39, 0.29) is 0 Å². The third kappa shape index (κ3) is 4.99. The van der Waals surface area contributed by atoms with E-state index >= 15 is 0 Å². The molecule has 0 aliphatic rings. The summed E-state index contributed by atoms with van der Waals surface area (Å²) in [5, 5.41) is 8.10. The van der Waals surface area contributed by atoms with Gasteiger partial charge in [-0.2, -0.15) is 5.10 Å². The van der Waals surface area contributed by atoms with Crippen molar-refractivity contribution in [1.29, 1.82) is 0 Å². The van der Waals surface area contributed by atoms with Crippen LogP contribution in [-0.4, -0.2) is 24.1 Å². The Morgan fingerprint density at radius 3 is 1.90 bits per heavy atom. The van der Waals surface area contributed by atoms with E-state index < -0.39 is 0 Å². The maximum Gasteiger partial charge on any atom is 0.118 e. The molecule has 6 aromatic rings. The van der Waals surface area contributed by atoms with Gasteiger partial charge in [0.25, 0.3) is 0 Å². The van der Waals surface area contributed by atoms with E-state index in [1.807, 2.05) is 59.8 Å². The largest absolute Gasteiger partial charge is 0.497 e. The minimum atomic E-state index is 0.844. The molecule has 0 amide bonds. The summed E-state index contributed by atoms with van der Waals surface area (Å²) in [7, 11) is 1.70. The fraction of sp³-hybridized carbons (Fsp3) is 0.0571. The second-order valence-electron chi connectivity index (χ2n) is 9.29. The van der Waals surface area contributed by atoms with E-state index in [2.05, 4.69) is 95.8 Å². The van der Waals surface area contributed by atoms with Crippen LogP contribution in [0.4, 0.5) is 11.4 Å². The fourth-order valence-electron chi connectivity index (χ4n) is 4.97. The minimum Gasteiger partial charge on any atom is -0.497 e. The van der Waals surface area contributed by atoms with Crippen molar-refractivity contribution < 1.29 is 4.74 Å². The van der Waals surface area contributed by atoms with Crippen molar-refractivity contribution in [3.05, 3.63) is 139 Å². The smallest absolute Gasteiger partial charge is 0.118 e. The van der Waals surface area contributed by atoms with Crippen molar-refractivity contribution in [3.8, 4) is 22.7 Å². The summed E-state index contributed by atoms with van der Waals surface area (Å²) in [6.07, 6.45) is 4.08. The highest BCUT2D eigenvalue weighted by atomic mass is 32.2. The average molecular weight is 540 g/mol. The fourth-order valence-corrected chi connectivity index (χ4v) is 5.75. The SMILES string of the molecule is COc1ccc(-c2c(SC)c3cc(C=NN(c4ccccc4)c4ccccc4)ccc3n2-c2ccccc2)cc1. The average Bonchev–Trinajstić information content (AvgIpc) is 3.36. The lowest BCUT2D eigenvalue weighted by Gasteiger charge is -2.19. The van der Waals surface area contributed by atoms with Gasteiger partial charge < -0.3 is 9.30 Å². The Hall–Kier alpha value is -4.74. The van der Waals surface area contributed by atoms with Crippen LogP contribution in [0.3, 0.4) is 0 Å². The lowest BCUT2D eigenvalue weighted by atomic mass is 10.1. The first-order valence-electron chi connectivity index (χ1n) is 13.1. The van der Waals surface area contributed by atoms with Gasteiger partial charge in [0.1, 0.15) is 5.75 Å². The van der Waals surface area contributed by atoms with Gasteiger partial charge in [-0.15, -0.1) is 11.8 Å².